The van der Waals surface area contributed by atoms with E-state index in [1.807, 2.05) is 5.57 Å². The van der Waals surface area contributed by atoms with Gasteiger partial charge in [-0.1, -0.05) is 65.3 Å². The molecule has 0 amide bonds. The first-order valence-electron chi connectivity index (χ1n) is 13.6. The largest absolute Gasteiger partial charge is 0.463 e. The van der Waals surface area contributed by atoms with Gasteiger partial charge in [-0.25, -0.2) is 0 Å². The van der Waals surface area contributed by atoms with Gasteiger partial charge in [-0.05, 0) is 104 Å². The summed E-state index contributed by atoms with van der Waals surface area (Å²) >= 11 is 0. The van der Waals surface area contributed by atoms with Crippen LogP contribution in [0.15, 0.2) is 23.8 Å². The lowest BCUT2D eigenvalue weighted by atomic mass is 9.47. The van der Waals surface area contributed by atoms with E-state index in [9.17, 15) is 4.79 Å². The van der Waals surface area contributed by atoms with E-state index in [1.54, 1.807) is 6.92 Å². The fourth-order valence-corrected chi connectivity index (χ4v) is 8.43. The van der Waals surface area contributed by atoms with Crippen molar-refractivity contribution in [1.82, 2.24) is 0 Å². The lowest BCUT2D eigenvalue weighted by Gasteiger charge is -2.58. The highest BCUT2D eigenvalue weighted by Gasteiger charge is 2.58. The normalized spacial score (nSPS) is 43.2. The SMILES string of the molecule is CC(=O)O[C@@H]1CC[C@]2(C)[C@H](CC=C3[C@H]2CC[C@]2(C)[C@@H]([C@H](C)/C=C/[C@H](C)C(C)C)CC[C@@H]32)C1. The number of allylic oxidation sites excluding steroid dienone is 4. The van der Waals surface area contributed by atoms with Gasteiger partial charge in [0.15, 0.2) is 0 Å². The first kappa shape index (κ1) is 24.1. The van der Waals surface area contributed by atoms with Crippen LogP contribution in [0, 0.1) is 52.3 Å². The number of esters is 1. The van der Waals surface area contributed by atoms with Crippen molar-refractivity contribution >= 4 is 5.97 Å². The van der Waals surface area contributed by atoms with Crippen molar-refractivity contribution in [2.75, 3.05) is 0 Å². The van der Waals surface area contributed by atoms with Gasteiger partial charge in [-0.2, -0.15) is 0 Å². The predicted molar refractivity (Wildman–Crippen MR) is 133 cm³/mol. The van der Waals surface area contributed by atoms with E-state index < -0.39 is 0 Å². The molecule has 4 rings (SSSR count). The lowest BCUT2D eigenvalue weighted by Crippen LogP contribution is -2.50. The number of hydrogen-bond acceptors (Lipinski definition) is 2. The Morgan fingerprint density at radius 2 is 1.69 bits per heavy atom. The summed E-state index contributed by atoms with van der Waals surface area (Å²) in [6.45, 7) is 16.3. The average Bonchev–Trinajstić information content (AvgIpc) is 3.08. The van der Waals surface area contributed by atoms with Gasteiger partial charge in [0.25, 0.3) is 0 Å². The van der Waals surface area contributed by atoms with Crippen molar-refractivity contribution in [2.24, 2.45) is 52.3 Å². The number of hydrogen-bond donors (Lipinski definition) is 0. The Bertz CT molecular complexity index is 763. The molecule has 0 N–H and O–H groups in total. The summed E-state index contributed by atoms with van der Waals surface area (Å²) in [5.74, 6) is 4.98. The molecule has 0 heterocycles. The van der Waals surface area contributed by atoms with Crippen molar-refractivity contribution in [3.05, 3.63) is 23.8 Å². The second kappa shape index (κ2) is 8.95. The van der Waals surface area contributed by atoms with Gasteiger partial charge < -0.3 is 4.74 Å². The molecule has 4 aliphatic carbocycles. The Kier molecular flexibility index (Phi) is 6.74. The summed E-state index contributed by atoms with van der Waals surface area (Å²) in [4.78, 5) is 11.5. The van der Waals surface area contributed by atoms with Crippen molar-refractivity contribution in [3.63, 3.8) is 0 Å². The molecule has 0 aromatic carbocycles. The third-order valence-electron chi connectivity index (χ3n) is 10.8. The minimum atomic E-state index is -0.109. The van der Waals surface area contributed by atoms with Crippen molar-refractivity contribution in [1.29, 1.82) is 0 Å². The van der Waals surface area contributed by atoms with E-state index in [1.165, 1.54) is 38.5 Å². The van der Waals surface area contributed by atoms with Gasteiger partial charge >= 0.3 is 5.97 Å². The van der Waals surface area contributed by atoms with Crippen LogP contribution in [0.25, 0.3) is 0 Å². The van der Waals surface area contributed by atoms with Crippen LogP contribution in [-0.2, 0) is 9.53 Å². The molecule has 0 aromatic heterocycles. The van der Waals surface area contributed by atoms with Crippen LogP contribution in [0.1, 0.15) is 99.8 Å². The Balaban J connectivity index is 1.51. The highest BCUT2D eigenvalue weighted by Crippen LogP contribution is 2.66. The van der Waals surface area contributed by atoms with Crippen LogP contribution in [-0.4, -0.2) is 12.1 Å². The maximum Gasteiger partial charge on any atom is 0.302 e. The topological polar surface area (TPSA) is 26.3 Å². The van der Waals surface area contributed by atoms with Crippen molar-refractivity contribution < 1.29 is 9.53 Å². The molecule has 3 fully saturated rings. The summed E-state index contributed by atoms with van der Waals surface area (Å²) in [7, 11) is 0. The van der Waals surface area contributed by atoms with E-state index in [4.69, 9.17) is 4.74 Å². The summed E-state index contributed by atoms with van der Waals surface area (Å²) in [6.07, 6.45) is 17.9. The van der Waals surface area contributed by atoms with E-state index >= 15 is 0 Å². The second-order valence-corrected chi connectivity index (χ2v) is 12.8. The number of ether oxygens (including phenoxy) is 1. The zero-order chi connectivity index (χ0) is 23.3. The molecule has 0 bridgehead atoms. The van der Waals surface area contributed by atoms with Gasteiger partial charge in [0.1, 0.15) is 6.10 Å². The number of carbonyl (C=O) groups is 1. The number of carbonyl (C=O) groups excluding carboxylic acids is 1. The number of rotatable bonds is 5. The Labute approximate surface area is 197 Å². The third-order valence-corrected chi connectivity index (χ3v) is 10.8. The van der Waals surface area contributed by atoms with Crippen LogP contribution in [0.4, 0.5) is 0 Å². The quantitative estimate of drug-likeness (QED) is 0.320. The zero-order valence-electron chi connectivity index (χ0n) is 21.8. The molecule has 0 saturated heterocycles. The van der Waals surface area contributed by atoms with Gasteiger partial charge in [-0.3, -0.25) is 4.79 Å². The van der Waals surface area contributed by atoms with Crippen LogP contribution < -0.4 is 0 Å². The van der Waals surface area contributed by atoms with Crippen molar-refractivity contribution in [3.8, 4) is 0 Å². The van der Waals surface area contributed by atoms with Gasteiger partial charge in [0.05, 0.1) is 0 Å². The molecule has 0 unspecified atom stereocenters. The van der Waals surface area contributed by atoms with Crippen molar-refractivity contribution in [2.45, 2.75) is 106 Å². The van der Waals surface area contributed by atoms with Gasteiger partial charge in [-0.15, -0.1) is 0 Å². The molecular weight excluding hydrogens is 392 g/mol. The standard InChI is InChI=1S/C30H48O2/c1-19(2)20(3)8-9-21(4)26-12-13-27-25-11-10-23-18-24(32-22(5)31)14-16-29(23,6)28(25)15-17-30(26,27)7/h8-9,11,19-21,23-24,26-28H,10,12-18H2,1-7H3/b9-8+/t20-,21+,23+,24+,26+,27-,28+,29+,30+/m0/s1. The fraction of sp³-hybridized carbons (Fsp3) is 0.833. The Morgan fingerprint density at radius 1 is 1.00 bits per heavy atom. The van der Waals surface area contributed by atoms with Crippen LogP contribution >= 0.6 is 0 Å². The molecule has 0 spiro atoms. The van der Waals surface area contributed by atoms with E-state index in [-0.39, 0.29) is 12.1 Å². The minimum Gasteiger partial charge on any atom is -0.463 e. The smallest absolute Gasteiger partial charge is 0.302 e. The second-order valence-electron chi connectivity index (χ2n) is 12.8. The van der Waals surface area contributed by atoms with Crippen LogP contribution in [0.5, 0.6) is 0 Å². The molecule has 32 heavy (non-hydrogen) atoms. The first-order chi connectivity index (χ1) is 15.1. The maximum atomic E-state index is 11.5. The van der Waals surface area contributed by atoms with Crippen LogP contribution in [0.2, 0.25) is 0 Å². The molecule has 0 aromatic rings. The van der Waals surface area contributed by atoms with E-state index in [0.717, 1.165) is 36.5 Å². The molecule has 3 saturated carbocycles. The predicted octanol–water partition coefficient (Wildman–Crippen LogP) is 7.98. The Morgan fingerprint density at radius 3 is 2.38 bits per heavy atom. The molecular formula is C30H48O2. The summed E-state index contributed by atoms with van der Waals surface area (Å²) in [5, 5.41) is 0. The van der Waals surface area contributed by atoms with Gasteiger partial charge in [0, 0.05) is 6.92 Å². The lowest BCUT2D eigenvalue weighted by molar-refractivity contribution is -0.152. The summed E-state index contributed by atoms with van der Waals surface area (Å²) in [5.41, 5.74) is 2.70. The molecule has 180 valence electrons. The molecule has 0 aliphatic heterocycles. The highest BCUT2D eigenvalue weighted by molar-refractivity contribution is 5.66. The first-order valence-corrected chi connectivity index (χ1v) is 13.6. The zero-order valence-corrected chi connectivity index (χ0v) is 21.8. The Hall–Kier alpha value is -1.05. The van der Waals surface area contributed by atoms with E-state index in [0.29, 0.717) is 28.6 Å². The third kappa shape index (κ3) is 4.14. The van der Waals surface area contributed by atoms with Gasteiger partial charge in [0.2, 0.25) is 0 Å². The summed E-state index contributed by atoms with van der Waals surface area (Å²) < 4.78 is 5.64. The maximum absolute atomic E-state index is 11.5. The average molecular weight is 441 g/mol. The molecule has 9 atom stereocenters. The number of fused-ring (bicyclic) bond motifs is 5. The molecule has 2 heteroatoms. The molecule has 4 aliphatic rings. The highest BCUT2D eigenvalue weighted by atomic mass is 16.5. The fourth-order valence-electron chi connectivity index (χ4n) is 8.43. The minimum absolute atomic E-state index is 0.109. The summed E-state index contributed by atoms with van der Waals surface area (Å²) in [6, 6.07) is 0. The molecule has 0 radical (unpaired) electrons. The van der Waals surface area contributed by atoms with Crippen LogP contribution in [0.3, 0.4) is 0 Å². The molecule has 2 nitrogen and oxygen atoms in total. The van der Waals surface area contributed by atoms with E-state index in [2.05, 4.69) is 59.8 Å². The monoisotopic (exact) mass is 440 g/mol.